The number of rotatable bonds is 5. The first-order chi connectivity index (χ1) is 11.6. The van der Waals surface area contributed by atoms with Gasteiger partial charge in [0.2, 0.25) is 0 Å². The molecule has 24 heavy (non-hydrogen) atoms. The van der Waals surface area contributed by atoms with E-state index in [1.54, 1.807) is 13.0 Å². The number of H-pyrrole nitrogens is 1. The fourth-order valence-corrected chi connectivity index (χ4v) is 2.59. The number of aromatic amines is 1. The van der Waals surface area contributed by atoms with Crippen LogP contribution in [0.15, 0.2) is 71.5 Å². The van der Waals surface area contributed by atoms with Crippen molar-refractivity contribution in [2.75, 3.05) is 0 Å². The molecule has 0 amide bonds. The fourth-order valence-electron chi connectivity index (χ4n) is 2.59. The second-order valence-corrected chi connectivity index (χ2v) is 5.60. The van der Waals surface area contributed by atoms with Crippen molar-refractivity contribution in [3.63, 3.8) is 0 Å². The van der Waals surface area contributed by atoms with Crippen LogP contribution in [0.4, 0.5) is 0 Å². The Morgan fingerprint density at radius 2 is 1.67 bits per heavy atom. The summed E-state index contributed by atoms with van der Waals surface area (Å²) in [4.78, 5) is 24.9. The number of allylic oxidation sites excluding steroid dienone is 1. The molecule has 4 nitrogen and oxygen atoms in total. The zero-order chi connectivity index (χ0) is 16.9. The van der Waals surface area contributed by atoms with E-state index in [1.807, 2.05) is 60.7 Å². The Labute approximate surface area is 140 Å². The van der Waals surface area contributed by atoms with Crippen LogP contribution in [-0.2, 0) is 6.54 Å². The third kappa shape index (κ3) is 3.43. The summed E-state index contributed by atoms with van der Waals surface area (Å²) in [6.45, 7) is 2.16. The highest BCUT2D eigenvalue weighted by Gasteiger charge is 2.16. The third-order valence-electron chi connectivity index (χ3n) is 3.79. The monoisotopic (exact) mass is 318 g/mol. The van der Waals surface area contributed by atoms with Gasteiger partial charge in [-0.2, -0.15) is 0 Å². The topological polar surface area (TPSA) is 54.9 Å². The Morgan fingerprint density at radius 1 is 1.04 bits per heavy atom. The van der Waals surface area contributed by atoms with Gasteiger partial charge >= 0.3 is 0 Å². The molecule has 0 saturated carbocycles. The average molecular weight is 318 g/mol. The first-order valence-electron chi connectivity index (χ1n) is 7.76. The van der Waals surface area contributed by atoms with Crippen molar-refractivity contribution in [1.29, 1.82) is 0 Å². The van der Waals surface area contributed by atoms with Crippen LogP contribution >= 0.6 is 0 Å². The molecule has 1 N–H and O–H groups in total. The smallest absolute Gasteiger partial charge is 0.278 e. The summed E-state index contributed by atoms with van der Waals surface area (Å²) in [7, 11) is 0. The molecule has 3 rings (SSSR count). The summed E-state index contributed by atoms with van der Waals surface area (Å²) in [5.74, 6) is -0.288. The minimum atomic E-state index is -0.293. The normalized spacial score (nSPS) is 11.0. The van der Waals surface area contributed by atoms with Crippen LogP contribution in [0.25, 0.3) is 6.08 Å². The second kappa shape index (κ2) is 6.96. The van der Waals surface area contributed by atoms with E-state index in [2.05, 4.69) is 5.10 Å². The number of benzene rings is 2. The standard InChI is InChI=1S/C20H18N2O2/c1-15-19(18(23)13-12-16-8-4-2-5-9-16)20(24)22(21-15)14-17-10-6-3-7-11-17/h2-13,21H,14H2,1H3/b13-12+. The molecule has 0 atom stereocenters. The van der Waals surface area contributed by atoms with E-state index in [1.165, 1.54) is 10.8 Å². The molecule has 0 spiro atoms. The number of hydrogen-bond donors (Lipinski definition) is 1. The number of hydrogen-bond acceptors (Lipinski definition) is 2. The van der Waals surface area contributed by atoms with E-state index >= 15 is 0 Å². The van der Waals surface area contributed by atoms with Crippen molar-refractivity contribution in [2.24, 2.45) is 0 Å². The SMILES string of the molecule is Cc1[nH]n(Cc2ccccc2)c(=O)c1C(=O)/C=C/c1ccccc1. The van der Waals surface area contributed by atoms with Gasteiger partial charge in [-0.1, -0.05) is 66.7 Å². The summed E-state index contributed by atoms with van der Waals surface area (Å²) in [5.41, 5.74) is 2.40. The van der Waals surface area contributed by atoms with Gasteiger partial charge in [-0.05, 0) is 24.1 Å². The summed E-state index contributed by atoms with van der Waals surface area (Å²) >= 11 is 0. The van der Waals surface area contributed by atoms with Crippen molar-refractivity contribution < 1.29 is 4.79 Å². The molecule has 0 aliphatic carbocycles. The maximum absolute atomic E-state index is 12.5. The lowest BCUT2D eigenvalue weighted by atomic mass is 10.1. The van der Waals surface area contributed by atoms with E-state index < -0.39 is 0 Å². The van der Waals surface area contributed by atoms with Gasteiger partial charge in [0.05, 0.1) is 6.54 Å². The lowest BCUT2D eigenvalue weighted by molar-refractivity contribution is 0.104. The van der Waals surface area contributed by atoms with Gasteiger partial charge in [0, 0.05) is 5.69 Å². The molecule has 0 fully saturated rings. The van der Waals surface area contributed by atoms with Gasteiger partial charge < -0.3 is 0 Å². The first-order valence-corrected chi connectivity index (χ1v) is 7.76. The zero-order valence-corrected chi connectivity index (χ0v) is 13.4. The Balaban J connectivity index is 1.85. The van der Waals surface area contributed by atoms with Crippen LogP contribution in [0.1, 0.15) is 27.2 Å². The molecule has 2 aromatic carbocycles. The lowest BCUT2D eigenvalue weighted by Gasteiger charge is -2.01. The van der Waals surface area contributed by atoms with Gasteiger partial charge in [0.15, 0.2) is 5.78 Å². The quantitative estimate of drug-likeness (QED) is 0.579. The highest BCUT2D eigenvalue weighted by molar-refractivity contribution is 6.07. The van der Waals surface area contributed by atoms with Crippen LogP contribution < -0.4 is 5.56 Å². The van der Waals surface area contributed by atoms with Crippen molar-refractivity contribution in [2.45, 2.75) is 13.5 Å². The predicted octanol–water partition coefficient (Wildman–Crippen LogP) is 3.43. The number of ketones is 1. The van der Waals surface area contributed by atoms with Crippen LogP contribution in [-0.4, -0.2) is 15.6 Å². The fraction of sp³-hybridized carbons (Fsp3) is 0.100. The minimum Gasteiger partial charge on any atom is -0.299 e. The Morgan fingerprint density at radius 3 is 2.33 bits per heavy atom. The molecule has 120 valence electrons. The summed E-state index contributed by atoms with van der Waals surface area (Å²) < 4.78 is 1.47. The molecule has 0 bridgehead atoms. The van der Waals surface area contributed by atoms with Crippen LogP contribution in [0.3, 0.4) is 0 Å². The molecule has 0 aliphatic heterocycles. The highest BCUT2D eigenvalue weighted by Crippen LogP contribution is 2.07. The average Bonchev–Trinajstić information content (AvgIpc) is 2.88. The summed E-state index contributed by atoms with van der Waals surface area (Å²) in [5, 5.41) is 2.99. The van der Waals surface area contributed by atoms with Crippen molar-refractivity contribution in [3.05, 3.63) is 99.5 Å². The second-order valence-electron chi connectivity index (χ2n) is 5.60. The third-order valence-corrected chi connectivity index (χ3v) is 3.79. The van der Waals surface area contributed by atoms with E-state index in [4.69, 9.17) is 0 Å². The van der Waals surface area contributed by atoms with E-state index in [9.17, 15) is 9.59 Å². The van der Waals surface area contributed by atoms with Crippen molar-refractivity contribution in [1.82, 2.24) is 9.78 Å². The maximum Gasteiger partial charge on any atom is 0.278 e. The lowest BCUT2D eigenvalue weighted by Crippen LogP contribution is -2.21. The first kappa shape index (κ1) is 15.7. The van der Waals surface area contributed by atoms with Crippen LogP contribution in [0, 0.1) is 6.92 Å². The van der Waals surface area contributed by atoms with Gasteiger partial charge in [0.25, 0.3) is 5.56 Å². The Bertz CT molecular complexity index is 919. The minimum absolute atomic E-state index is 0.193. The summed E-state index contributed by atoms with van der Waals surface area (Å²) in [6, 6.07) is 19.2. The summed E-state index contributed by atoms with van der Waals surface area (Å²) in [6.07, 6.45) is 3.16. The van der Waals surface area contributed by atoms with Gasteiger partial charge in [-0.3, -0.25) is 14.7 Å². The van der Waals surface area contributed by atoms with Crippen LogP contribution in [0.2, 0.25) is 0 Å². The molecule has 0 aliphatic rings. The number of carbonyl (C=O) groups excluding carboxylic acids is 1. The Hall–Kier alpha value is -3.14. The molecular formula is C20H18N2O2. The van der Waals surface area contributed by atoms with E-state index in [0.717, 1.165) is 11.1 Å². The Kier molecular flexibility index (Phi) is 4.57. The van der Waals surface area contributed by atoms with Gasteiger partial charge in [-0.25, -0.2) is 4.68 Å². The van der Waals surface area contributed by atoms with Crippen molar-refractivity contribution >= 4 is 11.9 Å². The zero-order valence-electron chi connectivity index (χ0n) is 13.4. The van der Waals surface area contributed by atoms with Crippen molar-refractivity contribution in [3.8, 4) is 0 Å². The predicted molar refractivity (Wildman–Crippen MR) is 95.1 cm³/mol. The largest absolute Gasteiger partial charge is 0.299 e. The maximum atomic E-state index is 12.5. The molecule has 1 heterocycles. The van der Waals surface area contributed by atoms with E-state index in [-0.39, 0.29) is 16.9 Å². The molecule has 1 aromatic heterocycles. The molecular weight excluding hydrogens is 300 g/mol. The highest BCUT2D eigenvalue weighted by atomic mass is 16.2. The molecule has 0 radical (unpaired) electrons. The van der Waals surface area contributed by atoms with Crippen LogP contribution in [0.5, 0.6) is 0 Å². The molecule has 0 unspecified atom stereocenters. The number of carbonyl (C=O) groups is 1. The number of aryl methyl sites for hydroxylation is 1. The van der Waals surface area contributed by atoms with Gasteiger partial charge in [-0.15, -0.1) is 0 Å². The molecule has 4 heteroatoms. The molecule has 3 aromatic rings. The number of nitrogens with one attached hydrogen (secondary N) is 1. The van der Waals surface area contributed by atoms with Gasteiger partial charge in [0.1, 0.15) is 5.56 Å². The molecule has 0 saturated heterocycles. The van der Waals surface area contributed by atoms with E-state index in [0.29, 0.717) is 12.2 Å². The number of aromatic nitrogens is 2. The number of nitrogens with zero attached hydrogens (tertiary/aromatic N) is 1.